The maximum atomic E-state index is 11.9. The van der Waals surface area contributed by atoms with Crippen LogP contribution in [-0.4, -0.2) is 30.0 Å². The number of alkyl halides is 1. The van der Waals surface area contributed by atoms with Gasteiger partial charge in [-0.1, -0.05) is 46.3 Å². The van der Waals surface area contributed by atoms with E-state index in [4.69, 9.17) is 4.74 Å². The van der Waals surface area contributed by atoms with Crippen LogP contribution in [0.3, 0.4) is 0 Å². The van der Waals surface area contributed by atoms with Crippen LogP contribution >= 0.6 is 15.9 Å². The smallest absolute Gasteiger partial charge is 0.222 e. The van der Waals surface area contributed by atoms with Crippen LogP contribution in [0.25, 0.3) is 0 Å². The number of halogens is 1. The molecule has 1 heterocycles. The summed E-state index contributed by atoms with van der Waals surface area (Å²) < 4.78 is 5.48. The zero-order valence-corrected chi connectivity index (χ0v) is 12.6. The van der Waals surface area contributed by atoms with Gasteiger partial charge in [-0.25, -0.2) is 0 Å². The molecule has 1 aromatic rings. The van der Waals surface area contributed by atoms with E-state index in [0.717, 1.165) is 31.2 Å². The van der Waals surface area contributed by atoms with Gasteiger partial charge < -0.3 is 10.1 Å². The number of benzene rings is 1. The van der Waals surface area contributed by atoms with E-state index in [1.54, 1.807) is 0 Å². The van der Waals surface area contributed by atoms with Crippen LogP contribution in [0.5, 0.6) is 0 Å². The molecule has 1 N–H and O–H groups in total. The van der Waals surface area contributed by atoms with Crippen molar-refractivity contribution < 1.29 is 9.53 Å². The normalized spacial score (nSPS) is 20.2. The minimum atomic E-state index is 0.0901. The molecule has 3 nitrogen and oxygen atoms in total. The summed E-state index contributed by atoms with van der Waals surface area (Å²) >= 11 is 3.47. The van der Waals surface area contributed by atoms with E-state index in [1.807, 2.05) is 18.2 Å². The predicted molar refractivity (Wildman–Crippen MR) is 79.5 cm³/mol. The van der Waals surface area contributed by atoms with Crippen molar-refractivity contribution in [2.45, 2.75) is 37.8 Å². The van der Waals surface area contributed by atoms with Crippen molar-refractivity contribution in [2.24, 2.45) is 0 Å². The molecule has 1 aromatic carbocycles. The second-order valence-corrected chi connectivity index (χ2v) is 5.60. The Balaban J connectivity index is 1.79. The maximum absolute atomic E-state index is 11.9. The van der Waals surface area contributed by atoms with Gasteiger partial charge in [0.1, 0.15) is 0 Å². The summed E-state index contributed by atoms with van der Waals surface area (Å²) in [6, 6.07) is 10.4. The first-order valence-corrected chi connectivity index (χ1v) is 7.91. The van der Waals surface area contributed by atoms with Gasteiger partial charge in [0.25, 0.3) is 0 Å². The fourth-order valence-electron chi connectivity index (χ4n) is 2.34. The van der Waals surface area contributed by atoms with E-state index < -0.39 is 0 Å². The van der Waals surface area contributed by atoms with Crippen LogP contribution < -0.4 is 5.32 Å². The molecule has 2 atom stereocenters. The Kier molecular flexibility index (Phi) is 5.86. The van der Waals surface area contributed by atoms with Gasteiger partial charge in [0.15, 0.2) is 0 Å². The number of nitrogens with one attached hydrogen (secondary N) is 1. The molecule has 4 heteroatoms. The first kappa shape index (κ1) is 14.5. The quantitative estimate of drug-likeness (QED) is 0.816. The molecule has 0 spiro atoms. The van der Waals surface area contributed by atoms with E-state index in [9.17, 15) is 4.79 Å². The molecule has 2 rings (SSSR count). The average Bonchev–Trinajstić information content (AvgIpc) is 2.92. The SMILES string of the molecule is O=C(CC1CCCO1)NC(CBr)Cc1ccccc1. The Labute approximate surface area is 122 Å². The Morgan fingerprint density at radius 2 is 2.21 bits per heavy atom. The third-order valence-electron chi connectivity index (χ3n) is 3.31. The highest BCUT2D eigenvalue weighted by Crippen LogP contribution is 2.15. The van der Waals surface area contributed by atoms with Crippen molar-refractivity contribution in [3.05, 3.63) is 35.9 Å². The molecule has 104 valence electrons. The van der Waals surface area contributed by atoms with Gasteiger partial charge in [-0.05, 0) is 24.8 Å². The monoisotopic (exact) mass is 325 g/mol. The van der Waals surface area contributed by atoms with E-state index in [2.05, 4.69) is 33.4 Å². The zero-order valence-electron chi connectivity index (χ0n) is 11.0. The molecule has 1 fully saturated rings. The minimum absolute atomic E-state index is 0.0901. The lowest BCUT2D eigenvalue weighted by Gasteiger charge is -2.17. The number of ether oxygens (including phenoxy) is 1. The van der Waals surface area contributed by atoms with Crippen molar-refractivity contribution in [1.82, 2.24) is 5.32 Å². The van der Waals surface area contributed by atoms with Crippen molar-refractivity contribution in [3.63, 3.8) is 0 Å². The highest BCUT2D eigenvalue weighted by molar-refractivity contribution is 9.09. The summed E-state index contributed by atoms with van der Waals surface area (Å²) in [5.74, 6) is 0.0901. The average molecular weight is 326 g/mol. The van der Waals surface area contributed by atoms with E-state index >= 15 is 0 Å². The van der Waals surface area contributed by atoms with E-state index in [1.165, 1.54) is 5.56 Å². The summed E-state index contributed by atoms with van der Waals surface area (Å²) in [5.41, 5.74) is 1.24. The van der Waals surface area contributed by atoms with Crippen LogP contribution in [-0.2, 0) is 16.0 Å². The van der Waals surface area contributed by atoms with Gasteiger partial charge in [-0.15, -0.1) is 0 Å². The number of rotatable bonds is 6. The third-order valence-corrected chi connectivity index (χ3v) is 4.09. The lowest BCUT2D eigenvalue weighted by molar-refractivity contribution is -0.123. The summed E-state index contributed by atoms with van der Waals surface area (Å²) in [5, 5.41) is 3.84. The zero-order chi connectivity index (χ0) is 13.5. The summed E-state index contributed by atoms with van der Waals surface area (Å²) in [6.45, 7) is 0.795. The van der Waals surface area contributed by atoms with Crippen molar-refractivity contribution in [1.29, 1.82) is 0 Å². The first-order chi connectivity index (χ1) is 9.28. The van der Waals surface area contributed by atoms with E-state index in [-0.39, 0.29) is 18.1 Å². The minimum Gasteiger partial charge on any atom is -0.378 e. The van der Waals surface area contributed by atoms with Crippen LogP contribution in [0.4, 0.5) is 0 Å². The predicted octanol–water partition coefficient (Wildman–Crippen LogP) is 2.68. The molecule has 1 aliphatic rings. The molecule has 0 radical (unpaired) electrons. The number of amides is 1. The van der Waals surface area contributed by atoms with Gasteiger partial charge in [0.05, 0.1) is 12.5 Å². The number of carbonyl (C=O) groups excluding carboxylic acids is 1. The number of carbonyl (C=O) groups is 1. The van der Waals surface area contributed by atoms with Crippen molar-refractivity contribution >= 4 is 21.8 Å². The second-order valence-electron chi connectivity index (χ2n) is 4.95. The molecular weight excluding hydrogens is 306 g/mol. The molecule has 1 saturated heterocycles. The fourth-order valence-corrected chi connectivity index (χ4v) is 2.73. The van der Waals surface area contributed by atoms with Crippen LogP contribution in [0, 0.1) is 0 Å². The van der Waals surface area contributed by atoms with E-state index in [0.29, 0.717) is 6.42 Å². The molecule has 0 aromatic heterocycles. The molecule has 1 amide bonds. The molecule has 0 saturated carbocycles. The molecule has 19 heavy (non-hydrogen) atoms. The highest BCUT2D eigenvalue weighted by Gasteiger charge is 2.20. The third kappa shape index (κ3) is 4.96. The Morgan fingerprint density at radius 1 is 1.42 bits per heavy atom. The maximum Gasteiger partial charge on any atom is 0.222 e. The van der Waals surface area contributed by atoms with Crippen LogP contribution in [0.2, 0.25) is 0 Å². The largest absolute Gasteiger partial charge is 0.378 e. The molecule has 2 unspecified atom stereocenters. The summed E-state index contributed by atoms with van der Waals surface area (Å²) in [6.07, 6.45) is 3.53. The standard InChI is InChI=1S/C15H20BrNO2/c16-11-13(9-12-5-2-1-3-6-12)17-15(18)10-14-7-4-8-19-14/h1-3,5-6,13-14H,4,7-11H2,(H,17,18). The molecule has 0 bridgehead atoms. The topological polar surface area (TPSA) is 38.3 Å². The van der Waals surface area contributed by atoms with Crippen LogP contribution in [0.15, 0.2) is 30.3 Å². The Hall–Kier alpha value is -0.870. The number of hydrogen-bond donors (Lipinski definition) is 1. The lowest BCUT2D eigenvalue weighted by atomic mass is 10.1. The highest BCUT2D eigenvalue weighted by atomic mass is 79.9. The molecular formula is C15H20BrNO2. The summed E-state index contributed by atoms with van der Waals surface area (Å²) in [7, 11) is 0. The summed E-state index contributed by atoms with van der Waals surface area (Å²) in [4.78, 5) is 11.9. The number of hydrogen-bond acceptors (Lipinski definition) is 2. The van der Waals surface area contributed by atoms with Gasteiger partial charge >= 0.3 is 0 Å². The van der Waals surface area contributed by atoms with Gasteiger partial charge in [0, 0.05) is 18.0 Å². The first-order valence-electron chi connectivity index (χ1n) is 6.79. The van der Waals surface area contributed by atoms with Crippen molar-refractivity contribution in [2.75, 3.05) is 11.9 Å². The van der Waals surface area contributed by atoms with Gasteiger partial charge in [-0.2, -0.15) is 0 Å². The van der Waals surface area contributed by atoms with Crippen molar-refractivity contribution in [3.8, 4) is 0 Å². The Morgan fingerprint density at radius 3 is 2.84 bits per heavy atom. The Bertz CT molecular complexity index is 390. The van der Waals surface area contributed by atoms with Crippen LogP contribution in [0.1, 0.15) is 24.8 Å². The molecule has 1 aliphatic heterocycles. The van der Waals surface area contributed by atoms with Gasteiger partial charge in [-0.3, -0.25) is 4.79 Å². The lowest BCUT2D eigenvalue weighted by Crippen LogP contribution is -2.39. The van der Waals surface area contributed by atoms with Gasteiger partial charge in [0.2, 0.25) is 5.91 Å². The fraction of sp³-hybridized carbons (Fsp3) is 0.533. The molecule has 0 aliphatic carbocycles. The second kappa shape index (κ2) is 7.65.